The van der Waals surface area contributed by atoms with Crippen LogP contribution < -0.4 is 5.32 Å². The Morgan fingerprint density at radius 3 is 2.65 bits per heavy atom. The molecular weight excluding hydrogens is 256 g/mol. The fourth-order valence-electron chi connectivity index (χ4n) is 3.00. The molecule has 1 amide bonds. The highest BCUT2D eigenvalue weighted by molar-refractivity contribution is 5.96. The van der Waals surface area contributed by atoms with Crippen LogP contribution in [0.2, 0.25) is 0 Å². The predicted octanol–water partition coefficient (Wildman–Crippen LogP) is 2.01. The first-order valence-electron chi connectivity index (χ1n) is 7.16. The highest BCUT2D eigenvalue weighted by Gasteiger charge is 2.41. The number of nitrogens with zero attached hydrogens (tertiary/aromatic N) is 1. The number of carboxylic acids is 1. The van der Waals surface area contributed by atoms with Crippen LogP contribution in [0.1, 0.15) is 36.9 Å². The molecule has 1 aromatic heterocycles. The predicted molar refractivity (Wildman–Crippen MR) is 73.4 cm³/mol. The van der Waals surface area contributed by atoms with Gasteiger partial charge in [-0.3, -0.25) is 14.6 Å². The molecule has 0 spiro atoms. The number of carboxylic acid groups (broad SMARTS) is 1. The van der Waals surface area contributed by atoms with Crippen molar-refractivity contribution in [3.05, 3.63) is 23.5 Å². The third-order valence-electron chi connectivity index (χ3n) is 4.37. The summed E-state index contributed by atoms with van der Waals surface area (Å²) in [6.07, 6.45) is 7.28. The molecule has 0 saturated heterocycles. The lowest BCUT2D eigenvalue weighted by Crippen LogP contribution is -2.41. The summed E-state index contributed by atoms with van der Waals surface area (Å²) in [6, 6.07) is 1.98. The van der Waals surface area contributed by atoms with E-state index in [0.717, 1.165) is 25.0 Å². The minimum Gasteiger partial charge on any atom is -0.481 e. The van der Waals surface area contributed by atoms with Crippen molar-refractivity contribution in [1.82, 2.24) is 4.98 Å². The van der Waals surface area contributed by atoms with Crippen LogP contribution in [0.3, 0.4) is 0 Å². The van der Waals surface area contributed by atoms with Gasteiger partial charge in [-0.25, -0.2) is 0 Å². The summed E-state index contributed by atoms with van der Waals surface area (Å²) in [4.78, 5) is 27.4. The van der Waals surface area contributed by atoms with Gasteiger partial charge < -0.3 is 10.4 Å². The van der Waals surface area contributed by atoms with Crippen LogP contribution in [0.25, 0.3) is 0 Å². The third kappa shape index (κ3) is 2.40. The van der Waals surface area contributed by atoms with E-state index >= 15 is 0 Å². The normalized spacial score (nSPS) is 24.4. The zero-order valence-corrected chi connectivity index (χ0v) is 11.3. The molecule has 2 aliphatic carbocycles. The van der Waals surface area contributed by atoms with Crippen molar-refractivity contribution in [1.29, 1.82) is 0 Å². The SMILES string of the molecule is O=C(O)C1CCC1C(=O)Nc1cnc2c(c1)CCCC2. The number of aliphatic carboxylic acids is 1. The molecule has 106 valence electrons. The summed E-state index contributed by atoms with van der Waals surface area (Å²) in [7, 11) is 0. The number of anilines is 1. The summed E-state index contributed by atoms with van der Waals surface area (Å²) < 4.78 is 0. The molecule has 1 aromatic rings. The smallest absolute Gasteiger partial charge is 0.307 e. The Labute approximate surface area is 117 Å². The Morgan fingerprint density at radius 1 is 1.20 bits per heavy atom. The first-order valence-corrected chi connectivity index (χ1v) is 7.16. The molecule has 1 saturated carbocycles. The van der Waals surface area contributed by atoms with E-state index in [9.17, 15) is 9.59 Å². The fourth-order valence-corrected chi connectivity index (χ4v) is 3.00. The van der Waals surface area contributed by atoms with Gasteiger partial charge in [-0.2, -0.15) is 0 Å². The Bertz CT molecular complexity index is 556. The lowest BCUT2D eigenvalue weighted by molar-refractivity contribution is -0.151. The van der Waals surface area contributed by atoms with Gasteiger partial charge in [0.1, 0.15) is 0 Å². The molecule has 0 aliphatic heterocycles. The van der Waals surface area contributed by atoms with Crippen LogP contribution >= 0.6 is 0 Å². The number of fused-ring (bicyclic) bond motifs is 1. The highest BCUT2D eigenvalue weighted by Crippen LogP contribution is 2.35. The largest absolute Gasteiger partial charge is 0.481 e. The van der Waals surface area contributed by atoms with Gasteiger partial charge in [0.15, 0.2) is 0 Å². The summed E-state index contributed by atoms with van der Waals surface area (Å²) in [5, 5.41) is 11.8. The van der Waals surface area contributed by atoms with Crippen LogP contribution in [-0.2, 0) is 22.4 Å². The summed E-state index contributed by atoms with van der Waals surface area (Å²) >= 11 is 0. The highest BCUT2D eigenvalue weighted by atomic mass is 16.4. The van der Waals surface area contributed by atoms with E-state index in [0.29, 0.717) is 18.5 Å². The monoisotopic (exact) mass is 274 g/mol. The number of aromatic nitrogens is 1. The molecule has 3 rings (SSSR count). The Morgan fingerprint density at radius 2 is 1.95 bits per heavy atom. The minimum absolute atomic E-state index is 0.193. The van der Waals surface area contributed by atoms with Gasteiger partial charge in [0.25, 0.3) is 0 Å². The summed E-state index contributed by atoms with van der Waals surface area (Å²) in [5.74, 6) is -2.00. The molecule has 1 fully saturated rings. The molecule has 2 N–H and O–H groups in total. The second kappa shape index (κ2) is 5.23. The van der Waals surface area contributed by atoms with Crippen molar-refractivity contribution < 1.29 is 14.7 Å². The molecule has 0 bridgehead atoms. The van der Waals surface area contributed by atoms with E-state index in [1.54, 1.807) is 6.20 Å². The second-order valence-electron chi connectivity index (χ2n) is 5.65. The van der Waals surface area contributed by atoms with Gasteiger partial charge in [0.05, 0.1) is 23.7 Å². The molecular formula is C15H18N2O3. The second-order valence-corrected chi connectivity index (χ2v) is 5.65. The average Bonchev–Trinajstić information content (AvgIpc) is 2.36. The maximum absolute atomic E-state index is 12.1. The Hall–Kier alpha value is -1.91. The molecule has 5 heteroatoms. The lowest BCUT2D eigenvalue weighted by Gasteiger charge is -2.31. The quantitative estimate of drug-likeness (QED) is 0.883. The summed E-state index contributed by atoms with van der Waals surface area (Å²) in [6.45, 7) is 0. The number of hydrogen-bond acceptors (Lipinski definition) is 3. The van der Waals surface area contributed by atoms with E-state index in [1.807, 2.05) is 6.07 Å². The van der Waals surface area contributed by atoms with Crippen LogP contribution in [-0.4, -0.2) is 22.0 Å². The molecule has 2 unspecified atom stereocenters. The van der Waals surface area contributed by atoms with E-state index in [-0.39, 0.29) is 5.91 Å². The van der Waals surface area contributed by atoms with E-state index < -0.39 is 17.8 Å². The Kier molecular flexibility index (Phi) is 3.42. The van der Waals surface area contributed by atoms with Gasteiger partial charge >= 0.3 is 5.97 Å². The Balaban J connectivity index is 1.68. The number of rotatable bonds is 3. The fraction of sp³-hybridized carbons (Fsp3) is 0.533. The number of aryl methyl sites for hydroxylation is 2. The summed E-state index contributed by atoms with van der Waals surface area (Å²) in [5.41, 5.74) is 3.02. The van der Waals surface area contributed by atoms with Crippen LogP contribution in [0.4, 0.5) is 5.69 Å². The first kappa shape index (κ1) is 13.1. The molecule has 0 radical (unpaired) electrons. The van der Waals surface area contributed by atoms with Gasteiger partial charge in [-0.1, -0.05) is 0 Å². The maximum atomic E-state index is 12.1. The van der Waals surface area contributed by atoms with Crippen LogP contribution in [0, 0.1) is 11.8 Å². The topological polar surface area (TPSA) is 79.3 Å². The molecule has 2 atom stereocenters. The maximum Gasteiger partial charge on any atom is 0.307 e. The van der Waals surface area contributed by atoms with Crippen molar-refractivity contribution in [3.63, 3.8) is 0 Å². The van der Waals surface area contributed by atoms with Gasteiger partial charge in [-0.15, -0.1) is 0 Å². The van der Waals surface area contributed by atoms with Crippen molar-refractivity contribution in [2.24, 2.45) is 11.8 Å². The average molecular weight is 274 g/mol. The van der Waals surface area contributed by atoms with Crippen molar-refractivity contribution >= 4 is 17.6 Å². The van der Waals surface area contributed by atoms with E-state index in [1.165, 1.54) is 12.0 Å². The van der Waals surface area contributed by atoms with Gasteiger partial charge in [0, 0.05) is 5.69 Å². The zero-order chi connectivity index (χ0) is 14.1. The van der Waals surface area contributed by atoms with Crippen molar-refractivity contribution in [2.75, 3.05) is 5.32 Å². The number of carbonyl (C=O) groups is 2. The van der Waals surface area contributed by atoms with Crippen molar-refractivity contribution in [2.45, 2.75) is 38.5 Å². The van der Waals surface area contributed by atoms with E-state index in [2.05, 4.69) is 10.3 Å². The number of amides is 1. The zero-order valence-electron chi connectivity index (χ0n) is 11.3. The lowest BCUT2D eigenvalue weighted by atomic mass is 9.73. The van der Waals surface area contributed by atoms with Gasteiger partial charge in [0.2, 0.25) is 5.91 Å². The minimum atomic E-state index is -0.875. The van der Waals surface area contributed by atoms with Crippen LogP contribution in [0.15, 0.2) is 12.3 Å². The molecule has 2 aliphatic rings. The number of pyridine rings is 1. The standard InChI is InChI=1S/C15H18N2O3/c18-14(11-5-6-12(11)15(19)20)17-10-7-9-3-1-2-4-13(9)16-8-10/h7-8,11-12H,1-6H2,(H,17,18)(H,19,20). The van der Waals surface area contributed by atoms with Crippen LogP contribution in [0.5, 0.6) is 0 Å². The number of hydrogen-bond donors (Lipinski definition) is 2. The van der Waals surface area contributed by atoms with Crippen molar-refractivity contribution in [3.8, 4) is 0 Å². The molecule has 20 heavy (non-hydrogen) atoms. The van der Waals surface area contributed by atoms with Gasteiger partial charge in [-0.05, 0) is 50.2 Å². The molecule has 1 heterocycles. The third-order valence-corrected chi connectivity index (χ3v) is 4.37. The first-order chi connectivity index (χ1) is 9.65. The molecule has 5 nitrogen and oxygen atoms in total. The number of carbonyl (C=O) groups excluding carboxylic acids is 1. The van der Waals surface area contributed by atoms with E-state index in [4.69, 9.17) is 5.11 Å². The number of nitrogens with one attached hydrogen (secondary N) is 1. The molecule has 0 aromatic carbocycles.